The smallest absolute Gasteiger partial charge is 0.0719 e. The highest BCUT2D eigenvalue weighted by molar-refractivity contribution is 7.26. The van der Waals surface area contributed by atoms with Gasteiger partial charge in [-0.05, 0) is 75.3 Å². The number of aromatic nitrogens is 1. The van der Waals surface area contributed by atoms with Gasteiger partial charge in [-0.25, -0.2) is 0 Å². The largest absolute Gasteiger partial charge is 0.308 e. The van der Waals surface area contributed by atoms with Crippen molar-refractivity contribution in [3.63, 3.8) is 0 Å². The van der Waals surface area contributed by atoms with Crippen molar-refractivity contribution < 1.29 is 0 Å². The fourth-order valence-electron chi connectivity index (χ4n) is 7.69. The Morgan fingerprint density at radius 1 is 0.467 bits per heavy atom. The lowest BCUT2D eigenvalue weighted by molar-refractivity contribution is 1.02. The van der Waals surface area contributed by atoms with E-state index in [9.17, 15) is 0 Å². The first kappa shape index (κ1) is 24.9. The van der Waals surface area contributed by atoms with Crippen LogP contribution in [0.4, 0.5) is 0 Å². The maximum atomic E-state index is 2.47. The van der Waals surface area contributed by atoms with Crippen LogP contribution in [0.5, 0.6) is 0 Å². The van der Waals surface area contributed by atoms with Gasteiger partial charge in [0.15, 0.2) is 0 Å². The third-order valence-corrected chi connectivity index (χ3v) is 10.9. The normalized spacial score (nSPS) is 14.0. The molecule has 210 valence electrons. The highest BCUT2D eigenvalue weighted by Gasteiger charge is 2.30. The van der Waals surface area contributed by atoms with Crippen LogP contribution < -0.4 is 0 Å². The van der Waals surface area contributed by atoms with E-state index in [1.807, 2.05) is 11.3 Å². The molecule has 45 heavy (non-hydrogen) atoms. The van der Waals surface area contributed by atoms with Gasteiger partial charge in [0.1, 0.15) is 0 Å². The van der Waals surface area contributed by atoms with Gasteiger partial charge in [-0.15, -0.1) is 11.3 Å². The number of thiophene rings is 1. The molecule has 1 unspecified atom stereocenters. The summed E-state index contributed by atoms with van der Waals surface area (Å²) in [6.07, 6.45) is 0. The molecular formula is C43H27NS. The van der Waals surface area contributed by atoms with Crippen LogP contribution in [0.3, 0.4) is 0 Å². The molecule has 2 aromatic heterocycles. The standard InChI is InChI=1S/C43H27NS/c1-3-11-27(12-4-1)41-33-17-8-7-15-31(33)37-25-28(19-21-34(37)41)29-20-24-39-38(26-29)35-22-23-36-32-16-9-10-18-40(32)45-43(36)42(35)44(39)30-13-5-2-6-14-30/h1-26,41H. The Hall–Kier alpha value is -5.44. The molecule has 1 aliphatic rings. The Morgan fingerprint density at radius 2 is 1.16 bits per heavy atom. The number of hydrogen-bond acceptors (Lipinski definition) is 1. The molecule has 0 aliphatic heterocycles. The van der Waals surface area contributed by atoms with Crippen molar-refractivity contribution >= 4 is 53.3 Å². The number of para-hydroxylation sites is 1. The summed E-state index contributed by atoms with van der Waals surface area (Å²) >= 11 is 1.90. The molecule has 10 rings (SSSR count). The highest BCUT2D eigenvalue weighted by atomic mass is 32.1. The van der Waals surface area contributed by atoms with Gasteiger partial charge in [0, 0.05) is 37.9 Å². The summed E-state index contributed by atoms with van der Waals surface area (Å²) in [5.41, 5.74) is 13.0. The summed E-state index contributed by atoms with van der Waals surface area (Å²) in [6.45, 7) is 0. The molecule has 9 aromatic rings. The van der Waals surface area contributed by atoms with E-state index in [4.69, 9.17) is 0 Å². The predicted molar refractivity (Wildman–Crippen MR) is 192 cm³/mol. The van der Waals surface area contributed by atoms with E-state index < -0.39 is 0 Å². The van der Waals surface area contributed by atoms with Crippen molar-refractivity contribution in [2.24, 2.45) is 0 Å². The van der Waals surface area contributed by atoms with E-state index in [1.54, 1.807) is 0 Å². The van der Waals surface area contributed by atoms with Crippen molar-refractivity contribution in [3.05, 3.63) is 174 Å². The van der Waals surface area contributed by atoms with Crippen LogP contribution in [0.1, 0.15) is 22.6 Å². The maximum Gasteiger partial charge on any atom is 0.0719 e. The van der Waals surface area contributed by atoms with Gasteiger partial charge in [-0.1, -0.05) is 121 Å². The Balaban J connectivity index is 1.21. The quantitative estimate of drug-likeness (QED) is 0.193. The average Bonchev–Trinajstić information content (AvgIpc) is 3.76. The van der Waals surface area contributed by atoms with E-state index in [2.05, 4.69) is 162 Å². The van der Waals surface area contributed by atoms with E-state index in [0.29, 0.717) is 0 Å². The van der Waals surface area contributed by atoms with Crippen LogP contribution in [0.2, 0.25) is 0 Å². The van der Waals surface area contributed by atoms with E-state index in [-0.39, 0.29) is 5.92 Å². The first-order chi connectivity index (χ1) is 22.3. The summed E-state index contributed by atoms with van der Waals surface area (Å²) < 4.78 is 5.14. The van der Waals surface area contributed by atoms with Gasteiger partial charge in [0.2, 0.25) is 0 Å². The number of hydrogen-bond donors (Lipinski definition) is 0. The summed E-state index contributed by atoms with van der Waals surface area (Å²) in [4.78, 5) is 0. The van der Waals surface area contributed by atoms with E-state index in [0.717, 1.165) is 0 Å². The predicted octanol–water partition coefficient (Wildman–Crippen LogP) is 12.0. The molecule has 1 aliphatic carbocycles. The van der Waals surface area contributed by atoms with Crippen molar-refractivity contribution in [2.45, 2.75) is 5.92 Å². The molecule has 0 fully saturated rings. The fraction of sp³-hybridized carbons (Fsp3) is 0.0233. The van der Waals surface area contributed by atoms with Gasteiger partial charge in [0.25, 0.3) is 0 Å². The second-order valence-corrected chi connectivity index (χ2v) is 13.1. The number of rotatable bonds is 3. The summed E-state index contributed by atoms with van der Waals surface area (Å²) in [6, 6.07) is 58.3. The fourth-order valence-corrected chi connectivity index (χ4v) is 8.93. The number of fused-ring (bicyclic) bond motifs is 10. The first-order valence-electron chi connectivity index (χ1n) is 15.6. The summed E-state index contributed by atoms with van der Waals surface area (Å²) in [5, 5.41) is 5.24. The lowest BCUT2D eigenvalue weighted by atomic mass is 9.89. The second kappa shape index (κ2) is 9.53. The molecule has 1 atom stereocenters. The van der Waals surface area contributed by atoms with Crippen molar-refractivity contribution in [1.29, 1.82) is 0 Å². The molecule has 2 heterocycles. The van der Waals surface area contributed by atoms with Crippen molar-refractivity contribution in [1.82, 2.24) is 4.57 Å². The Bertz CT molecular complexity index is 2590. The number of nitrogens with zero attached hydrogens (tertiary/aromatic N) is 1. The lowest BCUT2D eigenvalue weighted by Gasteiger charge is -2.14. The van der Waals surface area contributed by atoms with Crippen LogP contribution in [-0.2, 0) is 0 Å². The molecule has 2 heteroatoms. The Morgan fingerprint density at radius 3 is 2.04 bits per heavy atom. The molecule has 0 saturated heterocycles. The minimum atomic E-state index is 0.265. The van der Waals surface area contributed by atoms with Crippen LogP contribution in [-0.4, -0.2) is 4.57 Å². The Labute approximate surface area is 265 Å². The van der Waals surface area contributed by atoms with Crippen LogP contribution in [0, 0.1) is 0 Å². The second-order valence-electron chi connectivity index (χ2n) is 12.1. The van der Waals surface area contributed by atoms with Gasteiger partial charge in [0.05, 0.1) is 15.7 Å². The summed E-state index contributed by atoms with van der Waals surface area (Å²) in [7, 11) is 0. The lowest BCUT2D eigenvalue weighted by Crippen LogP contribution is -1.98. The topological polar surface area (TPSA) is 4.93 Å². The maximum absolute atomic E-state index is 2.47. The minimum Gasteiger partial charge on any atom is -0.308 e. The van der Waals surface area contributed by atoms with Gasteiger partial charge < -0.3 is 4.57 Å². The molecule has 0 saturated carbocycles. The van der Waals surface area contributed by atoms with Crippen LogP contribution in [0.25, 0.3) is 69.9 Å². The molecule has 0 spiro atoms. The molecule has 0 radical (unpaired) electrons. The Kier molecular flexibility index (Phi) is 5.28. The SMILES string of the molecule is c1ccc(C2c3ccccc3-c3cc(-c4ccc5c(c4)c4ccc6c7ccccc7sc6c4n5-c4ccccc4)ccc32)cc1. The van der Waals surface area contributed by atoms with E-state index >= 15 is 0 Å². The number of benzene rings is 7. The van der Waals surface area contributed by atoms with Crippen molar-refractivity contribution in [2.75, 3.05) is 0 Å². The molecule has 0 N–H and O–H groups in total. The van der Waals surface area contributed by atoms with Crippen LogP contribution in [0.15, 0.2) is 158 Å². The molecule has 0 amide bonds. The molecule has 0 bridgehead atoms. The third-order valence-electron chi connectivity index (χ3n) is 9.68. The van der Waals surface area contributed by atoms with Crippen LogP contribution >= 0.6 is 11.3 Å². The molecule has 1 nitrogen and oxygen atoms in total. The minimum absolute atomic E-state index is 0.265. The van der Waals surface area contributed by atoms with E-state index in [1.165, 1.54) is 86.6 Å². The third kappa shape index (κ3) is 3.61. The molecular weight excluding hydrogens is 563 g/mol. The zero-order valence-electron chi connectivity index (χ0n) is 24.4. The van der Waals surface area contributed by atoms with Gasteiger partial charge in [-0.2, -0.15) is 0 Å². The zero-order valence-corrected chi connectivity index (χ0v) is 25.3. The van der Waals surface area contributed by atoms with Crippen molar-refractivity contribution in [3.8, 4) is 27.9 Å². The van der Waals surface area contributed by atoms with Gasteiger partial charge in [-0.3, -0.25) is 0 Å². The first-order valence-corrected chi connectivity index (χ1v) is 16.4. The molecule has 7 aromatic carbocycles. The highest BCUT2D eigenvalue weighted by Crippen LogP contribution is 2.49. The monoisotopic (exact) mass is 589 g/mol. The summed E-state index contributed by atoms with van der Waals surface area (Å²) in [5.74, 6) is 0.265. The zero-order chi connectivity index (χ0) is 29.5. The van der Waals surface area contributed by atoms with Gasteiger partial charge >= 0.3 is 0 Å². The average molecular weight is 590 g/mol.